The normalized spacial score (nSPS) is 16.8. The first-order chi connectivity index (χ1) is 12.1. The minimum absolute atomic E-state index is 0.000481. The van der Waals surface area contributed by atoms with Crippen molar-refractivity contribution in [3.63, 3.8) is 0 Å². The Hall–Kier alpha value is -2.28. The second-order valence-electron chi connectivity index (χ2n) is 6.16. The van der Waals surface area contributed by atoms with Gasteiger partial charge in [0.2, 0.25) is 11.8 Å². The number of likely N-dealkylation sites (tertiary alicyclic amines) is 1. The van der Waals surface area contributed by atoms with Gasteiger partial charge in [-0.25, -0.2) is 0 Å². The van der Waals surface area contributed by atoms with Crippen LogP contribution in [0.1, 0.15) is 48.5 Å². The summed E-state index contributed by atoms with van der Waals surface area (Å²) in [6, 6.07) is 4.03. The van der Waals surface area contributed by atoms with Gasteiger partial charge in [-0.1, -0.05) is 6.07 Å². The van der Waals surface area contributed by atoms with E-state index < -0.39 is 0 Å². The van der Waals surface area contributed by atoms with Gasteiger partial charge in [0.25, 0.3) is 0 Å². The van der Waals surface area contributed by atoms with Gasteiger partial charge in [0.15, 0.2) is 0 Å². The second-order valence-corrected chi connectivity index (χ2v) is 7.19. The minimum Gasteiger partial charge on any atom is -0.350 e. The van der Waals surface area contributed by atoms with E-state index in [1.54, 1.807) is 30.7 Å². The topological polar surface area (TPSA) is 75.2 Å². The molecular formula is C18H22N4O2S. The van der Waals surface area contributed by atoms with Crippen molar-refractivity contribution in [3.05, 3.63) is 46.2 Å². The first-order valence-corrected chi connectivity index (χ1v) is 9.38. The average molecular weight is 358 g/mol. The lowest BCUT2D eigenvalue weighted by atomic mass is 10.1. The van der Waals surface area contributed by atoms with Crippen molar-refractivity contribution in [2.24, 2.45) is 0 Å². The molecule has 2 aromatic rings. The standard InChI is InChI=1S/C18H22N4O2S/c1-13(23)22-8-2-5-17(22)16-12-19-10-14(21-16)11-20-18(24)7-6-15-4-3-9-25-15/h3-4,9-10,12,17H,2,5-8,11H2,1H3,(H,20,24)/t17-/m1/s1. The fourth-order valence-corrected chi connectivity index (χ4v) is 3.80. The summed E-state index contributed by atoms with van der Waals surface area (Å²) in [4.78, 5) is 35.6. The molecule has 7 heteroatoms. The zero-order valence-electron chi connectivity index (χ0n) is 14.3. The van der Waals surface area contributed by atoms with E-state index in [0.29, 0.717) is 13.0 Å². The van der Waals surface area contributed by atoms with E-state index in [-0.39, 0.29) is 17.9 Å². The van der Waals surface area contributed by atoms with Gasteiger partial charge in [-0.3, -0.25) is 19.6 Å². The predicted molar refractivity (Wildman–Crippen MR) is 95.9 cm³/mol. The number of nitrogens with zero attached hydrogens (tertiary/aromatic N) is 3. The summed E-state index contributed by atoms with van der Waals surface area (Å²) in [6.45, 7) is 2.71. The Balaban J connectivity index is 1.54. The lowest BCUT2D eigenvalue weighted by Crippen LogP contribution is -2.29. The fraction of sp³-hybridized carbons (Fsp3) is 0.444. The largest absolute Gasteiger partial charge is 0.350 e. The second kappa shape index (κ2) is 8.20. The number of carbonyl (C=O) groups excluding carboxylic acids is 2. The molecule has 0 bridgehead atoms. The molecule has 0 radical (unpaired) electrons. The van der Waals surface area contributed by atoms with Crippen LogP contribution in [0.4, 0.5) is 0 Å². The maximum atomic E-state index is 12.0. The number of nitrogens with one attached hydrogen (secondary N) is 1. The molecule has 1 fully saturated rings. The summed E-state index contributed by atoms with van der Waals surface area (Å²) >= 11 is 1.66. The molecule has 0 aliphatic carbocycles. The van der Waals surface area contributed by atoms with Crippen LogP contribution >= 0.6 is 11.3 Å². The zero-order valence-corrected chi connectivity index (χ0v) is 15.1. The SMILES string of the molecule is CC(=O)N1CCC[C@@H]1c1cncc(CNC(=O)CCc2cccs2)n1. The summed E-state index contributed by atoms with van der Waals surface area (Å²) in [5, 5.41) is 4.91. The lowest BCUT2D eigenvalue weighted by molar-refractivity contribution is -0.129. The Kier molecular flexibility index (Phi) is 5.75. The van der Waals surface area contributed by atoms with Crippen LogP contribution in [-0.4, -0.2) is 33.2 Å². The number of rotatable bonds is 6. The van der Waals surface area contributed by atoms with Gasteiger partial charge in [0, 0.05) is 24.8 Å². The van der Waals surface area contributed by atoms with E-state index in [9.17, 15) is 9.59 Å². The first-order valence-electron chi connectivity index (χ1n) is 8.50. The third-order valence-corrected chi connectivity index (χ3v) is 5.28. The van der Waals surface area contributed by atoms with Crippen molar-refractivity contribution in [2.45, 2.75) is 45.2 Å². The van der Waals surface area contributed by atoms with Crippen LogP contribution < -0.4 is 5.32 Å². The Bertz CT molecular complexity index is 732. The van der Waals surface area contributed by atoms with E-state index in [1.807, 2.05) is 22.4 Å². The molecule has 1 N–H and O–H groups in total. The monoisotopic (exact) mass is 358 g/mol. The van der Waals surface area contributed by atoms with E-state index in [0.717, 1.165) is 37.2 Å². The Labute approximate surface area is 151 Å². The summed E-state index contributed by atoms with van der Waals surface area (Å²) in [5.74, 6) is 0.0726. The molecule has 25 heavy (non-hydrogen) atoms. The smallest absolute Gasteiger partial charge is 0.220 e. The van der Waals surface area contributed by atoms with Crippen molar-refractivity contribution in [3.8, 4) is 0 Å². The molecule has 1 saturated heterocycles. The van der Waals surface area contributed by atoms with Crippen LogP contribution in [0.5, 0.6) is 0 Å². The molecule has 2 amide bonds. The number of hydrogen-bond donors (Lipinski definition) is 1. The third-order valence-electron chi connectivity index (χ3n) is 4.35. The van der Waals surface area contributed by atoms with E-state index >= 15 is 0 Å². The van der Waals surface area contributed by atoms with Crippen molar-refractivity contribution in [1.82, 2.24) is 20.2 Å². The highest BCUT2D eigenvalue weighted by atomic mass is 32.1. The molecule has 0 spiro atoms. The molecular weight excluding hydrogens is 336 g/mol. The summed E-state index contributed by atoms with van der Waals surface area (Å²) in [6.07, 6.45) is 6.49. The highest BCUT2D eigenvalue weighted by Gasteiger charge is 2.29. The van der Waals surface area contributed by atoms with Crippen molar-refractivity contribution >= 4 is 23.2 Å². The molecule has 3 rings (SSSR count). The van der Waals surface area contributed by atoms with Gasteiger partial charge in [0.05, 0.1) is 36.4 Å². The van der Waals surface area contributed by atoms with Crippen LogP contribution in [0.2, 0.25) is 0 Å². The number of hydrogen-bond acceptors (Lipinski definition) is 5. The molecule has 0 aromatic carbocycles. The van der Waals surface area contributed by atoms with E-state index in [1.165, 1.54) is 4.88 Å². The van der Waals surface area contributed by atoms with Gasteiger partial charge in [-0.15, -0.1) is 11.3 Å². The molecule has 6 nitrogen and oxygen atoms in total. The molecule has 1 atom stereocenters. The maximum absolute atomic E-state index is 12.0. The minimum atomic E-state index is -0.000481. The van der Waals surface area contributed by atoms with Crippen LogP contribution in [0.15, 0.2) is 29.9 Å². The fourth-order valence-electron chi connectivity index (χ4n) is 3.09. The number of amides is 2. The Morgan fingerprint density at radius 3 is 3.04 bits per heavy atom. The molecule has 1 aliphatic rings. The van der Waals surface area contributed by atoms with Gasteiger partial charge in [-0.05, 0) is 30.7 Å². The van der Waals surface area contributed by atoms with E-state index in [2.05, 4.69) is 15.3 Å². The van der Waals surface area contributed by atoms with Gasteiger partial charge in [-0.2, -0.15) is 0 Å². The number of aryl methyl sites for hydroxylation is 1. The number of aromatic nitrogens is 2. The molecule has 0 unspecified atom stereocenters. The maximum Gasteiger partial charge on any atom is 0.220 e. The van der Waals surface area contributed by atoms with Crippen LogP contribution in [0.3, 0.4) is 0 Å². The van der Waals surface area contributed by atoms with Crippen molar-refractivity contribution < 1.29 is 9.59 Å². The lowest BCUT2D eigenvalue weighted by Gasteiger charge is -2.22. The number of thiophene rings is 1. The van der Waals surface area contributed by atoms with Gasteiger partial charge in [0.1, 0.15) is 0 Å². The highest BCUT2D eigenvalue weighted by Crippen LogP contribution is 2.30. The Morgan fingerprint density at radius 1 is 1.40 bits per heavy atom. The summed E-state index contributed by atoms with van der Waals surface area (Å²) in [7, 11) is 0. The zero-order chi connectivity index (χ0) is 17.6. The molecule has 0 saturated carbocycles. The molecule has 2 aromatic heterocycles. The van der Waals surface area contributed by atoms with Gasteiger partial charge < -0.3 is 10.2 Å². The van der Waals surface area contributed by atoms with Crippen LogP contribution in [0, 0.1) is 0 Å². The highest BCUT2D eigenvalue weighted by molar-refractivity contribution is 7.09. The Morgan fingerprint density at radius 2 is 2.28 bits per heavy atom. The van der Waals surface area contributed by atoms with Crippen LogP contribution in [0.25, 0.3) is 0 Å². The van der Waals surface area contributed by atoms with Crippen LogP contribution in [-0.2, 0) is 22.6 Å². The molecule has 1 aliphatic heterocycles. The summed E-state index contributed by atoms with van der Waals surface area (Å²) in [5.41, 5.74) is 1.52. The van der Waals surface area contributed by atoms with Crippen molar-refractivity contribution in [2.75, 3.05) is 6.54 Å². The first kappa shape index (κ1) is 17.5. The average Bonchev–Trinajstić information content (AvgIpc) is 3.29. The van der Waals surface area contributed by atoms with E-state index in [4.69, 9.17) is 0 Å². The predicted octanol–water partition coefficient (Wildman–Crippen LogP) is 2.47. The summed E-state index contributed by atoms with van der Waals surface area (Å²) < 4.78 is 0. The molecule has 132 valence electrons. The molecule has 3 heterocycles. The number of carbonyl (C=O) groups is 2. The van der Waals surface area contributed by atoms with Crippen molar-refractivity contribution in [1.29, 1.82) is 0 Å². The van der Waals surface area contributed by atoms with Gasteiger partial charge >= 0.3 is 0 Å². The third kappa shape index (κ3) is 4.63. The quantitative estimate of drug-likeness (QED) is 0.861.